The molecule has 0 spiro atoms. The highest BCUT2D eigenvalue weighted by Crippen LogP contribution is 2.14. The molecule has 2 rings (SSSR count). The molecule has 0 saturated heterocycles. The van der Waals surface area contributed by atoms with Crippen molar-refractivity contribution in [3.05, 3.63) is 70.8 Å². The lowest BCUT2D eigenvalue weighted by Crippen LogP contribution is -2.45. The first kappa shape index (κ1) is 28.5. The van der Waals surface area contributed by atoms with Gasteiger partial charge in [0.25, 0.3) is 5.91 Å². The monoisotopic (exact) mass is 440 g/mol. The molecule has 0 aliphatic rings. The van der Waals surface area contributed by atoms with Crippen LogP contribution in [-0.2, 0) is 16.2 Å². The quantitative estimate of drug-likeness (QED) is 0.192. The molecule has 7 heteroatoms. The van der Waals surface area contributed by atoms with Gasteiger partial charge in [0.2, 0.25) is 5.91 Å². The number of aliphatic hydroxyl groups excluding tert-OH is 1. The molecule has 0 aliphatic heterocycles. The molecule has 0 saturated carbocycles. The molecule has 0 heterocycles. The van der Waals surface area contributed by atoms with Crippen molar-refractivity contribution >= 4 is 17.6 Å². The van der Waals surface area contributed by atoms with E-state index in [0.717, 1.165) is 16.7 Å². The molecule has 2 aromatic carbocycles. The predicted molar refractivity (Wildman–Crippen MR) is 124 cm³/mol. The Labute approximate surface area is 189 Å². The summed E-state index contributed by atoms with van der Waals surface area (Å²) in [5.74, 6) is 4.97. The van der Waals surface area contributed by atoms with Gasteiger partial charge >= 0.3 is 0 Å². The molecule has 2 amide bonds. The predicted octanol–water partition coefficient (Wildman–Crippen LogP) is 3.07. The van der Waals surface area contributed by atoms with Crippen LogP contribution in [0.2, 0.25) is 0 Å². The van der Waals surface area contributed by atoms with Crippen molar-refractivity contribution in [3.63, 3.8) is 0 Å². The summed E-state index contributed by atoms with van der Waals surface area (Å²) in [6.45, 7) is 8.42. The molecule has 2 aromatic rings. The highest BCUT2D eigenvalue weighted by atomic mass is 16.5. The topological polar surface area (TPSA) is 116 Å². The van der Waals surface area contributed by atoms with Gasteiger partial charge in [-0.05, 0) is 50.6 Å². The fourth-order valence-corrected chi connectivity index (χ4v) is 2.18. The van der Waals surface area contributed by atoms with Gasteiger partial charge < -0.3 is 10.4 Å². The van der Waals surface area contributed by atoms with Crippen LogP contribution in [0.4, 0.5) is 0 Å². The summed E-state index contributed by atoms with van der Waals surface area (Å²) in [6.07, 6.45) is 0. The minimum absolute atomic E-state index is 0.0419. The summed E-state index contributed by atoms with van der Waals surface area (Å²) >= 11 is 0. The lowest BCUT2D eigenvalue weighted by Gasteiger charge is -2.18. The van der Waals surface area contributed by atoms with Gasteiger partial charge in [0.15, 0.2) is 5.78 Å². The molecule has 0 atom stereocenters. The number of benzene rings is 2. The van der Waals surface area contributed by atoms with E-state index in [2.05, 4.69) is 17.2 Å². The molecule has 0 aromatic heterocycles. The number of rotatable bonds is 4. The van der Waals surface area contributed by atoms with Gasteiger partial charge in [-0.25, -0.2) is 5.48 Å². The zero-order chi connectivity index (χ0) is 24.7. The Morgan fingerprint density at radius 2 is 1.31 bits per heavy atom. The molecule has 7 nitrogen and oxygen atoms in total. The molecule has 172 valence electrons. The molecule has 0 bridgehead atoms. The molecule has 32 heavy (non-hydrogen) atoms. The molecular weight excluding hydrogens is 408 g/mol. The maximum Gasteiger partial charge on any atom is 0.258 e. The fraction of sp³-hybridized carbons (Fsp3) is 0.320. The highest BCUT2D eigenvalue weighted by molar-refractivity contribution is 6.03. The minimum atomic E-state index is -1.23. The van der Waals surface area contributed by atoms with E-state index >= 15 is 0 Å². The second-order valence-electron chi connectivity index (χ2n) is 6.88. The van der Waals surface area contributed by atoms with Crippen LogP contribution in [0.5, 0.6) is 0 Å². The zero-order valence-corrected chi connectivity index (χ0v) is 19.4. The maximum absolute atomic E-state index is 11.1. The third-order valence-corrected chi connectivity index (χ3v) is 4.24. The van der Waals surface area contributed by atoms with Crippen molar-refractivity contribution in [2.75, 3.05) is 7.05 Å². The average molecular weight is 441 g/mol. The maximum atomic E-state index is 11.1. The van der Waals surface area contributed by atoms with Gasteiger partial charge in [-0.15, -0.1) is 0 Å². The van der Waals surface area contributed by atoms with E-state index in [1.165, 1.54) is 26.4 Å². The number of hydrogen-bond acceptors (Lipinski definition) is 5. The average Bonchev–Trinajstić information content (AvgIpc) is 2.83. The third kappa shape index (κ3) is 9.13. The second kappa shape index (κ2) is 14.5. The van der Waals surface area contributed by atoms with Crippen molar-refractivity contribution in [2.45, 2.75) is 41.2 Å². The van der Waals surface area contributed by atoms with Crippen molar-refractivity contribution in [2.24, 2.45) is 5.41 Å². The number of carbonyl (C=O) groups is 3. The lowest BCUT2D eigenvalue weighted by molar-refractivity contribution is -0.146. The Morgan fingerprint density at radius 3 is 1.66 bits per heavy atom. The third-order valence-electron chi connectivity index (χ3n) is 4.24. The summed E-state index contributed by atoms with van der Waals surface area (Å²) in [6, 6.07) is 14.7. The van der Waals surface area contributed by atoms with Crippen LogP contribution in [-0.4, -0.2) is 35.0 Å². The highest BCUT2D eigenvalue weighted by Gasteiger charge is 2.34. The summed E-state index contributed by atoms with van der Waals surface area (Å²) in [5.41, 5.74) is 3.52. The van der Waals surface area contributed by atoms with Crippen molar-refractivity contribution in [1.82, 2.24) is 10.8 Å². The minimum Gasteiger partial charge on any atom is -0.392 e. The normalized spacial score (nSPS) is 9.50. The summed E-state index contributed by atoms with van der Waals surface area (Å²) in [5, 5.41) is 19.5. The molecule has 0 radical (unpaired) electrons. The number of amides is 2. The molecule has 0 aliphatic carbocycles. The van der Waals surface area contributed by atoms with Crippen LogP contribution in [0, 0.1) is 17.3 Å². The Hall–Kier alpha value is -3.47. The van der Waals surface area contributed by atoms with E-state index in [9.17, 15) is 14.4 Å². The Balaban J connectivity index is 0.000000635. The smallest absolute Gasteiger partial charge is 0.258 e. The van der Waals surface area contributed by atoms with Crippen LogP contribution in [0.25, 0.3) is 0 Å². The number of hydrogen-bond donors (Lipinski definition) is 4. The van der Waals surface area contributed by atoms with Crippen molar-refractivity contribution in [3.8, 4) is 11.8 Å². The van der Waals surface area contributed by atoms with Gasteiger partial charge in [-0.2, -0.15) is 0 Å². The largest absolute Gasteiger partial charge is 0.392 e. The van der Waals surface area contributed by atoms with Gasteiger partial charge in [0.05, 0.1) is 6.61 Å². The first-order chi connectivity index (χ1) is 15.1. The van der Waals surface area contributed by atoms with Crippen LogP contribution < -0.4 is 10.8 Å². The number of ketones is 1. The van der Waals surface area contributed by atoms with Gasteiger partial charge in [0.1, 0.15) is 5.41 Å². The van der Waals surface area contributed by atoms with E-state index in [4.69, 9.17) is 10.3 Å². The van der Waals surface area contributed by atoms with Gasteiger partial charge in [-0.3, -0.25) is 19.6 Å². The van der Waals surface area contributed by atoms with E-state index in [1.54, 1.807) is 19.1 Å². The number of carbonyl (C=O) groups excluding carboxylic acids is 3. The summed E-state index contributed by atoms with van der Waals surface area (Å²) in [4.78, 5) is 32.9. The standard InChI is InChI=1S/C17H14O2.C6H12N2O3.C2H6/c1-13(19)17-10-8-15(9-11-17)3-2-14-4-6-16(12-18)7-5-14;1-6(2,4(9)7-3)5(10)8-11;1-2/h4-11,18H,12H2,1H3;11H,1-3H3,(H,7,9)(H,8,10);1-2H3. The van der Waals surface area contributed by atoms with Crippen molar-refractivity contribution < 1.29 is 24.7 Å². The van der Waals surface area contributed by atoms with Crippen LogP contribution >= 0.6 is 0 Å². The second-order valence-corrected chi connectivity index (χ2v) is 6.88. The van der Waals surface area contributed by atoms with Crippen LogP contribution in [0.3, 0.4) is 0 Å². The molecule has 0 fully saturated rings. The molecule has 4 N–H and O–H groups in total. The number of Topliss-reactive ketones (excluding diaryl/α,β-unsaturated/α-hetero) is 1. The van der Waals surface area contributed by atoms with Gasteiger partial charge in [-0.1, -0.05) is 50.0 Å². The fourth-order valence-electron chi connectivity index (χ4n) is 2.18. The Morgan fingerprint density at radius 1 is 0.875 bits per heavy atom. The van der Waals surface area contributed by atoms with Crippen molar-refractivity contribution in [1.29, 1.82) is 0 Å². The van der Waals surface area contributed by atoms with Crippen LogP contribution in [0.1, 0.15) is 61.7 Å². The number of nitrogens with one attached hydrogen (secondary N) is 2. The summed E-state index contributed by atoms with van der Waals surface area (Å²) in [7, 11) is 1.43. The Kier molecular flexibility index (Phi) is 12.9. The Bertz CT molecular complexity index is 919. The lowest BCUT2D eigenvalue weighted by atomic mass is 9.92. The van der Waals surface area contributed by atoms with E-state index in [0.29, 0.717) is 5.56 Å². The molecular formula is C25H32N2O5. The van der Waals surface area contributed by atoms with Gasteiger partial charge in [0, 0.05) is 23.7 Å². The van der Waals surface area contributed by atoms with E-state index in [1.807, 2.05) is 50.2 Å². The molecule has 0 unspecified atom stereocenters. The summed E-state index contributed by atoms with van der Waals surface area (Å²) < 4.78 is 0. The number of aliphatic hydroxyl groups is 1. The zero-order valence-electron chi connectivity index (χ0n) is 19.4. The van der Waals surface area contributed by atoms with Crippen LogP contribution in [0.15, 0.2) is 48.5 Å². The first-order valence-electron chi connectivity index (χ1n) is 10.1. The van der Waals surface area contributed by atoms with E-state index < -0.39 is 17.2 Å². The van der Waals surface area contributed by atoms with E-state index in [-0.39, 0.29) is 12.4 Å². The first-order valence-corrected chi connectivity index (χ1v) is 10.1. The SMILES string of the molecule is CC.CC(=O)c1ccc(C#Cc2ccc(CO)cc2)cc1.CNC(=O)C(C)(C)C(=O)NO. The number of hydroxylamine groups is 1.